The molecule has 90 valence electrons. The zero-order valence-electron chi connectivity index (χ0n) is 10.9. The van der Waals surface area contributed by atoms with E-state index < -0.39 is 11.0 Å². The van der Waals surface area contributed by atoms with Gasteiger partial charge in [0.15, 0.2) is 0 Å². The van der Waals surface area contributed by atoms with Crippen LogP contribution >= 0.6 is 0 Å². The van der Waals surface area contributed by atoms with Gasteiger partial charge in [0.2, 0.25) is 0 Å². The van der Waals surface area contributed by atoms with Gasteiger partial charge in [-0.15, -0.1) is 0 Å². The quantitative estimate of drug-likeness (QED) is 0.717. The minimum atomic E-state index is -0.658. The van der Waals surface area contributed by atoms with Gasteiger partial charge in [-0.05, 0) is 41.0 Å². The summed E-state index contributed by atoms with van der Waals surface area (Å²) in [5.74, 6) is -0.212. The first kappa shape index (κ1) is 14.4. The molecule has 0 radical (unpaired) electrons. The predicted molar refractivity (Wildman–Crippen MR) is 62.5 cm³/mol. The Kier molecular flexibility index (Phi) is 4.78. The van der Waals surface area contributed by atoms with Crippen LogP contribution in [0.3, 0.4) is 0 Å². The van der Waals surface area contributed by atoms with Crippen molar-refractivity contribution in [3.63, 3.8) is 0 Å². The molecule has 0 rings (SSSR count). The highest BCUT2D eigenvalue weighted by Crippen LogP contribution is 2.30. The van der Waals surface area contributed by atoms with Gasteiger partial charge in [-0.25, -0.2) is 0 Å². The van der Waals surface area contributed by atoms with Crippen molar-refractivity contribution in [2.75, 3.05) is 0 Å². The summed E-state index contributed by atoms with van der Waals surface area (Å²) in [6.45, 7) is 11.3. The maximum Gasteiger partial charge on any atom is 0.313 e. The third-order valence-electron chi connectivity index (χ3n) is 3.12. The smallest absolute Gasteiger partial charge is 0.313 e. The van der Waals surface area contributed by atoms with E-state index in [0.29, 0.717) is 0 Å². The standard InChI is InChI=1S/C12H25NO2/c1-7-8-9(2)15-10(14)11(3,4)12(5,6)13/h9H,7-8,13H2,1-6H3. The molecule has 0 heterocycles. The number of hydrogen-bond acceptors (Lipinski definition) is 3. The number of esters is 1. The SMILES string of the molecule is CCCC(C)OC(=O)C(C)(C)C(C)(C)N. The molecule has 0 aromatic heterocycles. The van der Waals surface area contributed by atoms with Crippen LogP contribution in [-0.2, 0) is 9.53 Å². The Morgan fingerprint density at radius 1 is 1.33 bits per heavy atom. The van der Waals surface area contributed by atoms with Gasteiger partial charge in [-0.2, -0.15) is 0 Å². The third-order valence-corrected chi connectivity index (χ3v) is 3.12. The molecule has 0 aromatic rings. The number of carbonyl (C=O) groups excluding carboxylic acids is 1. The van der Waals surface area contributed by atoms with E-state index >= 15 is 0 Å². The number of carbonyl (C=O) groups is 1. The number of nitrogens with two attached hydrogens (primary N) is 1. The average molecular weight is 215 g/mol. The maximum atomic E-state index is 11.9. The Hall–Kier alpha value is -0.570. The van der Waals surface area contributed by atoms with E-state index in [2.05, 4.69) is 6.92 Å². The van der Waals surface area contributed by atoms with E-state index in [0.717, 1.165) is 12.8 Å². The van der Waals surface area contributed by atoms with E-state index in [1.807, 2.05) is 34.6 Å². The molecule has 0 aromatic carbocycles. The Balaban J connectivity index is 4.45. The molecule has 3 heteroatoms. The molecule has 1 atom stereocenters. The van der Waals surface area contributed by atoms with Crippen LogP contribution in [0.2, 0.25) is 0 Å². The van der Waals surface area contributed by atoms with Crippen LogP contribution in [0.15, 0.2) is 0 Å². The fourth-order valence-corrected chi connectivity index (χ4v) is 1.06. The van der Waals surface area contributed by atoms with E-state index in [-0.39, 0.29) is 12.1 Å². The summed E-state index contributed by atoms with van der Waals surface area (Å²) >= 11 is 0. The molecule has 0 aliphatic rings. The molecular formula is C12H25NO2. The van der Waals surface area contributed by atoms with Gasteiger partial charge in [-0.1, -0.05) is 13.3 Å². The number of hydrogen-bond donors (Lipinski definition) is 1. The number of ether oxygens (including phenoxy) is 1. The fourth-order valence-electron chi connectivity index (χ4n) is 1.06. The molecule has 0 aliphatic heterocycles. The monoisotopic (exact) mass is 215 g/mol. The van der Waals surface area contributed by atoms with Crippen LogP contribution in [0.25, 0.3) is 0 Å². The molecule has 0 saturated heterocycles. The molecule has 15 heavy (non-hydrogen) atoms. The fraction of sp³-hybridized carbons (Fsp3) is 0.917. The molecular weight excluding hydrogens is 190 g/mol. The van der Waals surface area contributed by atoms with Crippen LogP contribution in [0.4, 0.5) is 0 Å². The van der Waals surface area contributed by atoms with Crippen molar-refractivity contribution in [3.05, 3.63) is 0 Å². The van der Waals surface area contributed by atoms with Crippen LogP contribution < -0.4 is 5.73 Å². The molecule has 0 fully saturated rings. The first-order valence-electron chi connectivity index (χ1n) is 5.63. The molecule has 1 unspecified atom stereocenters. The Bertz CT molecular complexity index is 216. The summed E-state index contributed by atoms with van der Waals surface area (Å²) in [5, 5.41) is 0. The third kappa shape index (κ3) is 3.82. The second-order valence-electron chi connectivity index (χ2n) is 5.35. The Morgan fingerprint density at radius 2 is 1.80 bits per heavy atom. The van der Waals surface area contributed by atoms with Crippen LogP contribution in [0.1, 0.15) is 54.4 Å². The van der Waals surface area contributed by atoms with Crippen molar-refractivity contribution >= 4 is 5.97 Å². The van der Waals surface area contributed by atoms with Gasteiger partial charge in [0.05, 0.1) is 11.5 Å². The molecule has 0 amide bonds. The highest BCUT2D eigenvalue weighted by Gasteiger charge is 2.42. The average Bonchev–Trinajstić information content (AvgIpc) is 2.02. The lowest BCUT2D eigenvalue weighted by Crippen LogP contribution is -2.52. The minimum Gasteiger partial charge on any atom is -0.462 e. The summed E-state index contributed by atoms with van der Waals surface area (Å²) in [7, 11) is 0. The minimum absolute atomic E-state index is 0.0240. The van der Waals surface area contributed by atoms with E-state index in [4.69, 9.17) is 10.5 Å². The second kappa shape index (κ2) is 4.97. The molecule has 0 aliphatic carbocycles. The zero-order chi connectivity index (χ0) is 12.3. The van der Waals surface area contributed by atoms with Crippen molar-refractivity contribution < 1.29 is 9.53 Å². The molecule has 2 N–H and O–H groups in total. The summed E-state index contributed by atoms with van der Waals surface area (Å²) in [5.41, 5.74) is 4.73. The summed E-state index contributed by atoms with van der Waals surface area (Å²) in [6.07, 6.45) is 1.89. The Morgan fingerprint density at radius 3 is 2.13 bits per heavy atom. The zero-order valence-corrected chi connectivity index (χ0v) is 10.9. The van der Waals surface area contributed by atoms with Crippen molar-refractivity contribution in [1.82, 2.24) is 0 Å². The van der Waals surface area contributed by atoms with Gasteiger partial charge in [0.1, 0.15) is 0 Å². The van der Waals surface area contributed by atoms with Gasteiger partial charge in [0.25, 0.3) is 0 Å². The van der Waals surface area contributed by atoms with Crippen LogP contribution in [0.5, 0.6) is 0 Å². The molecule has 0 saturated carbocycles. The van der Waals surface area contributed by atoms with E-state index in [1.54, 1.807) is 0 Å². The van der Waals surface area contributed by atoms with Gasteiger partial charge in [0, 0.05) is 5.54 Å². The maximum absolute atomic E-state index is 11.9. The van der Waals surface area contributed by atoms with Gasteiger partial charge < -0.3 is 10.5 Å². The van der Waals surface area contributed by atoms with Crippen molar-refractivity contribution in [2.24, 2.45) is 11.1 Å². The Labute approximate surface area is 93.4 Å². The summed E-state index contributed by atoms with van der Waals surface area (Å²) < 4.78 is 5.36. The van der Waals surface area contributed by atoms with E-state index in [9.17, 15) is 4.79 Å². The lowest BCUT2D eigenvalue weighted by molar-refractivity contribution is -0.162. The largest absolute Gasteiger partial charge is 0.462 e. The highest BCUT2D eigenvalue weighted by atomic mass is 16.5. The van der Waals surface area contributed by atoms with Crippen molar-refractivity contribution in [2.45, 2.75) is 66.0 Å². The van der Waals surface area contributed by atoms with Crippen LogP contribution in [-0.4, -0.2) is 17.6 Å². The topological polar surface area (TPSA) is 52.3 Å². The second-order valence-corrected chi connectivity index (χ2v) is 5.35. The van der Waals surface area contributed by atoms with Crippen molar-refractivity contribution in [1.29, 1.82) is 0 Å². The lowest BCUT2D eigenvalue weighted by Gasteiger charge is -2.36. The highest BCUT2D eigenvalue weighted by molar-refractivity contribution is 5.77. The molecule has 3 nitrogen and oxygen atoms in total. The van der Waals surface area contributed by atoms with Gasteiger partial charge in [-0.3, -0.25) is 4.79 Å². The first-order chi connectivity index (χ1) is 6.63. The number of rotatable bonds is 5. The predicted octanol–water partition coefficient (Wildman–Crippen LogP) is 2.48. The molecule has 0 spiro atoms. The van der Waals surface area contributed by atoms with Gasteiger partial charge >= 0.3 is 5.97 Å². The van der Waals surface area contributed by atoms with Crippen molar-refractivity contribution in [3.8, 4) is 0 Å². The lowest BCUT2D eigenvalue weighted by atomic mass is 9.75. The first-order valence-corrected chi connectivity index (χ1v) is 5.63. The normalized spacial score (nSPS) is 14.9. The summed E-state index contributed by atoms with van der Waals surface area (Å²) in [4.78, 5) is 11.9. The van der Waals surface area contributed by atoms with Crippen LogP contribution in [0, 0.1) is 5.41 Å². The summed E-state index contributed by atoms with van der Waals surface area (Å²) in [6, 6.07) is 0. The molecule has 0 bridgehead atoms. The van der Waals surface area contributed by atoms with E-state index in [1.165, 1.54) is 0 Å².